The lowest BCUT2D eigenvalue weighted by molar-refractivity contribution is 0.0864. The van der Waals surface area contributed by atoms with Crippen LogP contribution in [0.3, 0.4) is 0 Å². The van der Waals surface area contributed by atoms with Gasteiger partial charge in [0.15, 0.2) is 0 Å². The number of ether oxygens (including phenoxy) is 1. The van der Waals surface area contributed by atoms with E-state index in [1.807, 2.05) is 6.08 Å². The van der Waals surface area contributed by atoms with E-state index < -0.39 is 0 Å². The van der Waals surface area contributed by atoms with Crippen molar-refractivity contribution in [2.75, 3.05) is 13.7 Å². The predicted octanol–water partition coefficient (Wildman–Crippen LogP) is 1.90. The lowest BCUT2D eigenvalue weighted by Gasteiger charge is -2.18. The maximum absolute atomic E-state index is 5.41. The van der Waals surface area contributed by atoms with Crippen LogP contribution in [0.1, 0.15) is 19.3 Å². The molecular formula is C9H16ClNO. The van der Waals surface area contributed by atoms with E-state index in [9.17, 15) is 0 Å². The first-order valence-corrected chi connectivity index (χ1v) is 4.83. The van der Waals surface area contributed by atoms with Crippen molar-refractivity contribution in [3.8, 4) is 0 Å². The summed E-state index contributed by atoms with van der Waals surface area (Å²) in [5, 5.41) is 3.39. The highest BCUT2D eigenvalue weighted by molar-refractivity contribution is 6.25. The lowest BCUT2D eigenvalue weighted by Crippen LogP contribution is -2.36. The minimum Gasteiger partial charge on any atom is -0.380 e. The van der Waals surface area contributed by atoms with Gasteiger partial charge in [0.25, 0.3) is 0 Å². The Kier molecular flexibility index (Phi) is 4.66. The molecule has 0 aliphatic heterocycles. The fraction of sp³-hybridized carbons (Fsp3) is 0.778. The third-order valence-electron chi connectivity index (χ3n) is 2.34. The van der Waals surface area contributed by atoms with Crippen molar-refractivity contribution in [1.82, 2.24) is 5.32 Å². The average Bonchev–Trinajstić information content (AvgIpc) is 2.52. The maximum atomic E-state index is 5.41. The Morgan fingerprint density at radius 2 is 2.42 bits per heavy atom. The molecule has 1 fully saturated rings. The average molecular weight is 190 g/mol. The molecule has 1 aliphatic rings. The van der Waals surface area contributed by atoms with E-state index >= 15 is 0 Å². The summed E-state index contributed by atoms with van der Waals surface area (Å²) in [6.45, 7) is 0.841. The quantitative estimate of drug-likeness (QED) is 0.730. The van der Waals surface area contributed by atoms with E-state index in [2.05, 4.69) is 5.32 Å². The topological polar surface area (TPSA) is 21.3 Å². The second-order valence-electron chi connectivity index (χ2n) is 3.08. The van der Waals surface area contributed by atoms with Gasteiger partial charge in [-0.25, -0.2) is 0 Å². The molecule has 70 valence electrons. The van der Waals surface area contributed by atoms with E-state index in [-0.39, 0.29) is 0 Å². The Bertz CT molecular complexity index is 149. The minimum absolute atomic E-state index is 0.397. The van der Waals surface area contributed by atoms with Crippen molar-refractivity contribution >= 4 is 11.6 Å². The van der Waals surface area contributed by atoms with Gasteiger partial charge in [0, 0.05) is 25.2 Å². The standard InChI is InChI=1S/C9H16ClNO/c1-12-9-5-2-4-8(9)11-7-3-6-10/h3,6,8-9,11H,2,4-5,7H2,1H3/b6-3+. The number of hydrogen-bond donors (Lipinski definition) is 1. The Balaban J connectivity index is 2.21. The molecule has 2 unspecified atom stereocenters. The SMILES string of the molecule is COC1CCCC1NC/C=C/Cl. The molecule has 2 atom stereocenters. The summed E-state index contributed by atoms with van der Waals surface area (Å²) >= 11 is 5.41. The van der Waals surface area contributed by atoms with Gasteiger partial charge in [-0.3, -0.25) is 0 Å². The van der Waals surface area contributed by atoms with Gasteiger partial charge in [0.1, 0.15) is 0 Å². The van der Waals surface area contributed by atoms with Crippen LogP contribution in [0.2, 0.25) is 0 Å². The van der Waals surface area contributed by atoms with Crippen LogP contribution >= 0.6 is 11.6 Å². The van der Waals surface area contributed by atoms with Crippen molar-refractivity contribution < 1.29 is 4.74 Å². The van der Waals surface area contributed by atoms with Gasteiger partial charge in [-0.05, 0) is 19.3 Å². The first-order chi connectivity index (χ1) is 5.88. The Morgan fingerprint density at radius 1 is 1.58 bits per heavy atom. The van der Waals surface area contributed by atoms with E-state index in [1.165, 1.54) is 19.3 Å². The van der Waals surface area contributed by atoms with Gasteiger partial charge in [0.05, 0.1) is 6.10 Å². The largest absolute Gasteiger partial charge is 0.380 e. The molecule has 3 heteroatoms. The molecule has 1 aliphatic carbocycles. The smallest absolute Gasteiger partial charge is 0.0724 e. The molecule has 0 aromatic carbocycles. The first kappa shape index (κ1) is 10.0. The van der Waals surface area contributed by atoms with Crippen LogP contribution in [0, 0.1) is 0 Å². The highest BCUT2D eigenvalue weighted by Gasteiger charge is 2.25. The number of halogens is 1. The van der Waals surface area contributed by atoms with E-state index in [0.29, 0.717) is 12.1 Å². The fourth-order valence-electron chi connectivity index (χ4n) is 1.71. The highest BCUT2D eigenvalue weighted by atomic mass is 35.5. The Labute approximate surface area is 78.9 Å². The van der Waals surface area contributed by atoms with Gasteiger partial charge in [-0.15, -0.1) is 0 Å². The Hall–Kier alpha value is -0.0500. The molecule has 0 saturated heterocycles. The first-order valence-electron chi connectivity index (χ1n) is 4.40. The second kappa shape index (κ2) is 5.57. The molecule has 12 heavy (non-hydrogen) atoms. The van der Waals surface area contributed by atoms with Crippen LogP contribution in [0.25, 0.3) is 0 Å². The van der Waals surface area contributed by atoms with Crippen molar-refractivity contribution in [3.05, 3.63) is 11.6 Å². The van der Waals surface area contributed by atoms with Gasteiger partial charge in [-0.2, -0.15) is 0 Å². The van der Waals surface area contributed by atoms with E-state index in [0.717, 1.165) is 6.54 Å². The van der Waals surface area contributed by atoms with Gasteiger partial charge < -0.3 is 10.1 Å². The fourth-order valence-corrected chi connectivity index (χ4v) is 1.79. The van der Waals surface area contributed by atoms with Crippen molar-refractivity contribution in [1.29, 1.82) is 0 Å². The summed E-state index contributed by atoms with van der Waals surface area (Å²) in [5.41, 5.74) is 1.55. The molecule has 1 saturated carbocycles. The molecule has 2 nitrogen and oxygen atoms in total. The third-order valence-corrected chi connectivity index (χ3v) is 2.52. The van der Waals surface area contributed by atoms with Crippen molar-refractivity contribution in [2.45, 2.75) is 31.4 Å². The summed E-state index contributed by atoms with van der Waals surface area (Å²) in [6, 6.07) is 0.517. The second-order valence-corrected chi connectivity index (χ2v) is 3.33. The summed E-state index contributed by atoms with van der Waals surface area (Å²) in [6.07, 6.45) is 5.97. The van der Waals surface area contributed by atoms with Crippen LogP contribution in [-0.2, 0) is 4.74 Å². The summed E-state index contributed by atoms with van der Waals surface area (Å²) in [7, 11) is 1.78. The number of hydrogen-bond acceptors (Lipinski definition) is 2. The third kappa shape index (κ3) is 2.77. The molecule has 0 bridgehead atoms. The molecule has 0 aromatic rings. The zero-order valence-corrected chi connectivity index (χ0v) is 8.18. The summed E-state index contributed by atoms with van der Waals surface area (Å²) < 4.78 is 5.33. The minimum atomic E-state index is 0.397. The van der Waals surface area contributed by atoms with Crippen molar-refractivity contribution in [3.63, 3.8) is 0 Å². The maximum Gasteiger partial charge on any atom is 0.0724 e. The predicted molar refractivity (Wildman–Crippen MR) is 51.4 cm³/mol. The molecule has 0 radical (unpaired) electrons. The van der Waals surface area contributed by atoms with Gasteiger partial charge in [-0.1, -0.05) is 17.7 Å². The monoisotopic (exact) mass is 189 g/mol. The summed E-state index contributed by atoms with van der Waals surface area (Å²) in [5.74, 6) is 0. The lowest BCUT2D eigenvalue weighted by atomic mass is 10.2. The van der Waals surface area contributed by atoms with E-state index in [4.69, 9.17) is 16.3 Å². The van der Waals surface area contributed by atoms with Crippen LogP contribution in [0.4, 0.5) is 0 Å². The van der Waals surface area contributed by atoms with Gasteiger partial charge >= 0.3 is 0 Å². The molecule has 0 heterocycles. The highest BCUT2D eigenvalue weighted by Crippen LogP contribution is 2.21. The molecule has 0 spiro atoms. The van der Waals surface area contributed by atoms with E-state index in [1.54, 1.807) is 12.6 Å². The molecule has 0 aromatic heterocycles. The number of methoxy groups -OCH3 is 1. The molecule has 0 amide bonds. The van der Waals surface area contributed by atoms with Crippen LogP contribution < -0.4 is 5.32 Å². The Morgan fingerprint density at radius 3 is 3.08 bits per heavy atom. The zero-order chi connectivity index (χ0) is 8.81. The van der Waals surface area contributed by atoms with Crippen LogP contribution in [0.5, 0.6) is 0 Å². The molecule has 1 N–H and O–H groups in total. The number of rotatable bonds is 4. The normalized spacial score (nSPS) is 30.2. The molecule has 1 rings (SSSR count). The van der Waals surface area contributed by atoms with Gasteiger partial charge in [0.2, 0.25) is 0 Å². The van der Waals surface area contributed by atoms with Crippen LogP contribution in [-0.4, -0.2) is 25.8 Å². The van der Waals surface area contributed by atoms with Crippen LogP contribution in [0.15, 0.2) is 11.6 Å². The number of nitrogens with one attached hydrogen (secondary N) is 1. The summed E-state index contributed by atoms with van der Waals surface area (Å²) in [4.78, 5) is 0. The molecular weight excluding hydrogens is 174 g/mol. The van der Waals surface area contributed by atoms with Crippen molar-refractivity contribution in [2.24, 2.45) is 0 Å². The zero-order valence-electron chi connectivity index (χ0n) is 7.42.